The van der Waals surface area contributed by atoms with E-state index in [1.54, 1.807) is 13.8 Å². The molecule has 0 bridgehead atoms. The number of esters is 1. The number of nitrogens with two attached hydrogens (primary N) is 1. The van der Waals surface area contributed by atoms with Gasteiger partial charge in [-0.2, -0.15) is 0 Å². The number of carbonyl (C=O) groups is 2. The molecule has 0 aliphatic carbocycles. The summed E-state index contributed by atoms with van der Waals surface area (Å²) < 4.78 is 4.83. The van der Waals surface area contributed by atoms with E-state index in [0.717, 1.165) is 0 Å². The van der Waals surface area contributed by atoms with Crippen LogP contribution in [0.2, 0.25) is 0 Å². The summed E-state index contributed by atoms with van der Waals surface area (Å²) in [5.74, 6) is -0.782. The second kappa shape index (κ2) is 7.31. The summed E-state index contributed by atoms with van der Waals surface area (Å²) in [4.78, 5) is 23.8. The molecular weight excluding hydrogens is 252 g/mol. The maximum Gasteiger partial charge on any atom is 0.328 e. The van der Waals surface area contributed by atoms with Crippen LogP contribution in [-0.4, -0.2) is 29.5 Å². The number of thiocarbonyl (C=S) groups is 1. The lowest BCUT2D eigenvalue weighted by Crippen LogP contribution is -2.52. The van der Waals surface area contributed by atoms with Crippen LogP contribution in [0.5, 0.6) is 0 Å². The highest BCUT2D eigenvalue weighted by Crippen LogP contribution is 2.27. The van der Waals surface area contributed by atoms with E-state index in [-0.39, 0.29) is 17.5 Å². The number of hydrogen-bond acceptors (Lipinski definition) is 4. The first-order chi connectivity index (χ1) is 8.35. The molecule has 104 valence electrons. The molecule has 3 N–H and O–H groups in total. The van der Waals surface area contributed by atoms with Crippen molar-refractivity contribution in [3.05, 3.63) is 0 Å². The summed E-state index contributed by atoms with van der Waals surface area (Å²) in [6.07, 6.45) is 1.00. The molecule has 0 saturated heterocycles. The lowest BCUT2D eigenvalue weighted by atomic mass is 9.81. The highest BCUT2D eigenvalue weighted by Gasteiger charge is 2.39. The van der Waals surface area contributed by atoms with Crippen LogP contribution in [0.15, 0.2) is 0 Å². The van der Waals surface area contributed by atoms with Crippen LogP contribution in [0, 0.1) is 5.41 Å². The molecule has 0 aromatic carbocycles. The second-order valence-corrected chi connectivity index (χ2v) is 4.54. The molecule has 5 nitrogen and oxygen atoms in total. The number of nitrogens with one attached hydrogen (secondary N) is 1. The number of carbonyl (C=O) groups excluding carboxylic acids is 2. The van der Waals surface area contributed by atoms with Gasteiger partial charge >= 0.3 is 5.97 Å². The Labute approximate surface area is 113 Å². The molecule has 1 unspecified atom stereocenters. The van der Waals surface area contributed by atoms with E-state index in [0.29, 0.717) is 12.8 Å². The molecule has 1 atom stereocenters. The molecule has 0 fully saturated rings. The zero-order chi connectivity index (χ0) is 14.3. The van der Waals surface area contributed by atoms with E-state index in [9.17, 15) is 9.59 Å². The van der Waals surface area contributed by atoms with E-state index < -0.39 is 17.4 Å². The maximum atomic E-state index is 12.2. The topological polar surface area (TPSA) is 81.4 Å². The van der Waals surface area contributed by atoms with E-state index in [1.807, 2.05) is 13.8 Å². The Bertz CT molecular complexity index is 327. The van der Waals surface area contributed by atoms with E-state index in [4.69, 9.17) is 22.7 Å². The van der Waals surface area contributed by atoms with Crippen molar-refractivity contribution in [1.82, 2.24) is 5.32 Å². The van der Waals surface area contributed by atoms with Crippen molar-refractivity contribution in [3.63, 3.8) is 0 Å². The SMILES string of the molecule is CCOC(=O)C(C)NC(=O)C(CC)(CC)C(N)=S. The lowest BCUT2D eigenvalue weighted by Gasteiger charge is -2.30. The molecular formula is C12H22N2O3S. The van der Waals surface area contributed by atoms with Crippen LogP contribution < -0.4 is 11.1 Å². The average molecular weight is 274 g/mol. The van der Waals surface area contributed by atoms with E-state index in [2.05, 4.69) is 5.32 Å². The Morgan fingerprint density at radius 1 is 1.33 bits per heavy atom. The van der Waals surface area contributed by atoms with Crippen molar-refractivity contribution < 1.29 is 14.3 Å². The van der Waals surface area contributed by atoms with Crippen LogP contribution in [0.25, 0.3) is 0 Å². The average Bonchev–Trinajstić information content (AvgIpc) is 2.31. The van der Waals surface area contributed by atoms with Gasteiger partial charge in [0.1, 0.15) is 6.04 Å². The Morgan fingerprint density at radius 3 is 2.17 bits per heavy atom. The molecule has 18 heavy (non-hydrogen) atoms. The van der Waals surface area contributed by atoms with Crippen molar-refractivity contribution in [2.75, 3.05) is 6.61 Å². The fourth-order valence-corrected chi connectivity index (χ4v) is 2.07. The minimum Gasteiger partial charge on any atom is -0.464 e. The van der Waals surface area contributed by atoms with Crippen molar-refractivity contribution in [3.8, 4) is 0 Å². The quantitative estimate of drug-likeness (QED) is 0.537. The van der Waals surface area contributed by atoms with Crippen LogP contribution in [0.3, 0.4) is 0 Å². The smallest absolute Gasteiger partial charge is 0.328 e. The molecule has 0 aliphatic rings. The Morgan fingerprint density at radius 2 is 1.83 bits per heavy atom. The fraction of sp³-hybridized carbons (Fsp3) is 0.750. The van der Waals surface area contributed by atoms with Gasteiger partial charge in [-0.25, -0.2) is 4.79 Å². The van der Waals surface area contributed by atoms with Gasteiger partial charge in [-0.3, -0.25) is 4.79 Å². The summed E-state index contributed by atoms with van der Waals surface area (Å²) in [7, 11) is 0. The normalized spacial score (nSPS) is 12.7. The molecule has 0 heterocycles. The lowest BCUT2D eigenvalue weighted by molar-refractivity contribution is -0.147. The van der Waals surface area contributed by atoms with Crippen LogP contribution in [0.1, 0.15) is 40.5 Å². The van der Waals surface area contributed by atoms with Crippen LogP contribution >= 0.6 is 12.2 Å². The minimum atomic E-state index is -0.893. The third-order valence-electron chi connectivity index (χ3n) is 3.10. The van der Waals surface area contributed by atoms with Gasteiger partial charge < -0.3 is 15.8 Å². The third kappa shape index (κ3) is 3.66. The molecule has 0 spiro atoms. The van der Waals surface area contributed by atoms with E-state index in [1.165, 1.54) is 0 Å². The third-order valence-corrected chi connectivity index (χ3v) is 3.49. The maximum absolute atomic E-state index is 12.2. The van der Waals surface area contributed by atoms with Gasteiger partial charge in [-0.05, 0) is 26.7 Å². The number of ether oxygens (including phenoxy) is 1. The predicted octanol–water partition coefficient (Wildman–Crippen LogP) is 1.15. The van der Waals surface area contributed by atoms with Gasteiger partial charge in [0.25, 0.3) is 0 Å². The van der Waals surface area contributed by atoms with Gasteiger partial charge in [0, 0.05) is 0 Å². The Balaban J connectivity index is 4.82. The van der Waals surface area contributed by atoms with Crippen molar-refractivity contribution in [2.45, 2.75) is 46.6 Å². The minimum absolute atomic E-state index is 0.154. The fourth-order valence-electron chi connectivity index (χ4n) is 1.69. The number of amides is 1. The predicted molar refractivity (Wildman–Crippen MR) is 74.0 cm³/mol. The van der Waals surface area contributed by atoms with Gasteiger partial charge in [-0.1, -0.05) is 26.1 Å². The summed E-state index contributed by atoms with van der Waals surface area (Å²) >= 11 is 4.97. The standard InChI is InChI=1S/C12H22N2O3S/c1-5-12(6-2,10(13)18)11(16)14-8(4)9(15)17-7-3/h8H,5-7H2,1-4H3,(H2,13,18)(H,14,16). The largest absolute Gasteiger partial charge is 0.464 e. The summed E-state index contributed by atoms with van der Waals surface area (Å²) in [6.45, 7) is 7.25. The van der Waals surface area contributed by atoms with Crippen molar-refractivity contribution in [1.29, 1.82) is 0 Å². The van der Waals surface area contributed by atoms with E-state index >= 15 is 0 Å². The molecule has 0 saturated carbocycles. The van der Waals surface area contributed by atoms with Crippen molar-refractivity contribution >= 4 is 29.1 Å². The Hall–Kier alpha value is -1.17. The summed E-state index contributed by atoms with van der Waals surface area (Å²) in [5, 5.41) is 2.61. The highest BCUT2D eigenvalue weighted by atomic mass is 32.1. The van der Waals surface area contributed by atoms with Gasteiger partial charge in [0.2, 0.25) is 5.91 Å². The number of hydrogen-bond donors (Lipinski definition) is 2. The number of rotatable bonds is 7. The monoisotopic (exact) mass is 274 g/mol. The second-order valence-electron chi connectivity index (χ2n) is 4.10. The molecule has 0 radical (unpaired) electrons. The summed E-state index contributed by atoms with van der Waals surface area (Å²) in [6, 6.07) is -0.704. The molecule has 0 aromatic rings. The van der Waals surface area contributed by atoms with Gasteiger partial charge in [0.05, 0.1) is 17.0 Å². The molecule has 1 amide bonds. The molecule has 0 aromatic heterocycles. The Kier molecular flexibility index (Phi) is 6.83. The zero-order valence-electron chi connectivity index (χ0n) is 11.4. The van der Waals surface area contributed by atoms with Crippen LogP contribution in [0.4, 0.5) is 0 Å². The summed E-state index contributed by atoms with van der Waals surface area (Å²) in [5.41, 5.74) is 4.77. The van der Waals surface area contributed by atoms with Crippen LogP contribution in [-0.2, 0) is 14.3 Å². The highest BCUT2D eigenvalue weighted by molar-refractivity contribution is 7.80. The van der Waals surface area contributed by atoms with Crippen molar-refractivity contribution in [2.24, 2.45) is 11.1 Å². The van der Waals surface area contributed by atoms with Gasteiger partial charge in [-0.15, -0.1) is 0 Å². The first kappa shape index (κ1) is 16.8. The molecule has 6 heteroatoms. The molecule has 0 aliphatic heterocycles. The zero-order valence-corrected chi connectivity index (χ0v) is 12.2. The molecule has 0 rings (SSSR count). The first-order valence-electron chi connectivity index (χ1n) is 6.13. The first-order valence-corrected chi connectivity index (χ1v) is 6.54. The van der Waals surface area contributed by atoms with Gasteiger partial charge in [0.15, 0.2) is 0 Å².